The van der Waals surface area contributed by atoms with Crippen LogP contribution in [0.15, 0.2) is 55.1 Å². The zero-order valence-electron chi connectivity index (χ0n) is 9.17. The molecule has 88 valence electrons. The monoisotopic (exact) mass is 248 g/mol. The Hall–Kier alpha value is -1.81. The van der Waals surface area contributed by atoms with Crippen LogP contribution in [0.5, 0.6) is 5.75 Å². The van der Waals surface area contributed by atoms with Crippen LogP contribution in [0.3, 0.4) is 0 Å². The van der Waals surface area contributed by atoms with Crippen molar-refractivity contribution in [1.82, 2.24) is 0 Å². The van der Waals surface area contributed by atoms with E-state index in [2.05, 4.69) is 6.58 Å². The second-order valence-electron chi connectivity index (χ2n) is 3.57. The summed E-state index contributed by atoms with van der Waals surface area (Å²) in [6.07, 6.45) is 1.31. The van der Waals surface area contributed by atoms with Gasteiger partial charge in [0, 0.05) is 5.39 Å². The van der Waals surface area contributed by atoms with Gasteiger partial charge in [-0.2, -0.15) is 8.42 Å². The molecule has 0 aromatic heterocycles. The Morgan fingerprint density at radius 1 is 1.12 bits per heavy atom. The van der Waals surface area contributed by atoms with Gasteiger partial charge in [0.15, 0.2) is 0 Å². The lowest BCUT2D eigenvalue weighted by Gasteiger charge is -2.07. The summed E-state index contributed by atoms with van der Waals surface area (Å²) in [4.78, 5) is 0. The van der Waals surface area contributed by atoms with Crippen LogP contribution in [0.25, 0.3) is 10.8 Å². The highest BCUT2D eigenvalue weighted by Crippen LogP contribution is 2.26. The van der Waals surface area contributed by atoms with Crippen molar-refractivity contribution >= 4 is 20.9 Å². The molecule has 0 unspecified atom stereocenters. The summed E-state index contributed by atoms with van der Waals surface area (Å²) in [6.45, 7) is 3.39. The predicted molar refractivity (Wildman–Crippen MR) is 68.6 cm³/mol. The normalized spacial score (nSPS) is 11.3. The Morgan fingerprint density at radius 2 is 1.82 bits per heavy atom. The van der Waals surface area contributed by atoms with Crippen LogP contribution in [0.2, 0.25) is 0 Å². The summed E-state index contributed by atoms with van der Waals surface area (Å²) in [5.41, 5.74) is 0. The lowest BCUT2D eigenvalue weighted by Crippen LogP contribution is -2.12. The highest BCUT2D eigenvalue weighted by Gasteiger charge is 2.12. The Kier molecular flexibility index (Phi) is 3.15. The van der Waals surface area contributed by atoms with Crippen molar-refractivity contribution in [3.63, 3.8) is 0 Å². The van der Waals surface area contributed by atoms with Crippen molar-refractivity contribution in [2.45, 2.75) is 0 Å². The van der Waals surface area contributed by atoms with E-state index >= 15 is 0 Å². The molecule has 0 aliphatic rings. The minimum atomic E-state index is -3.59. The molecular weight excluding hydrogens is 236 g/mol. The third-order valence-electron chi connectivity index (χ3n) is 2.29. The van der Waals surface area contributed by atoms with Crippen molar-refractivity contribution in [3.8, 4) is 5.75 Å². The van der Waals surface area contributed by atoms with Gasteiger partial charge in [0.1, 0.15) is 11.5 Å². The molecular formula is C13H12O3S. The Balaban J connectivity index is 2.46. The molecule has 4 heteroatoms. The van der Waals surface area contributed by atoms with Crippen LogP contribution in [0.4, 0.5) is 0 Å². The van der Waals surface area contributed by atoms with Crippen molar-refractivity contribution in [1.29, 1.82) is 0 Å². The van der Waals surface area contributed by atoms with Gasteiger partial charge in [-0.15, -0.1) is 6.58 Å². The molecule has 0 bridgehead atoms. The van der Waals surface area contributed by atoms with E-state index in [1.54, 1.807) is 12.1 Å². The van der Waals surface area contributed by atoms with Gasteiger partial charge in [-0.3, -0.25) is 0 Å². The molecule has 2 rings (SSSR count). The number of rotatable bonds is 4. The molecule has 17 heavy (non-hydrogen) atoms. The molecule has 0 radical (unpaired) electrons. The van der Waals surface area contributed by atoms with E-state index in [4.69, 9.17) is 4.18 Å². The molecule has 0 heterocycles. The zero-order chi connectivity index (χ0) is 12.3. The molecule has 0 aliphatic carbocycles. The lowest BCUT2D eigenvalue weighted by atomic mass is 10.1. The molecule has 0 amide bonds. The zero-order valence-corrected chi connectivity index (χ0v) is 9.98. The molecule has 0 atom stereocenters. The third kappa shape index (κ3) is 2.65. The van der Waals surface area contributed by atoms with Crippen molar-refractivity contribution in [3.05, 3.63) is 55.1 Å². The van der Waals surface area contributed by atoms with Crippen molar-refractivity contribution in [2.75, 3.05) is 5.75 Å². The molecule has 0 N–H and O–H groups in total. The van der Waals surface area contributed by atoms with Gasteiger partial charge in [0.2, 0.25) is 0 Å². The molecule has 3 nitrogen and oxygen atoms in total. The van der Waals surface area contributed by atoms with Crippen molar-refractivity contribution < 1.29 is 12.6 Å². The summed E-state index contributed by atoms with van der Waals surface area (Å²) in [7, 11) is -3.59. The van der Waals surface area contributed by atoms with Crippen LogP contribution in [0.1, 0.15) is 0 Å². The summed E-state index contributed by atoms with van der Waals surface area (Å²) in [6, 6.07) is 12.8. The quantitative estimate of drug-likeness (QED) is 0.617. The van der Waals surface area contributed by atoms with E-state index in [1.165, 1.54) is 6.08 Å². The van der Waals surface area contributed by atoms with Gasteiger partial charge in [-0.25, -0.2) is 0 Å². The smallest absolute Gasteiger partial charge is 0.312 e. The van der Waals surface area contributed by atoms with Gasteiger partial charge < -0.3 is 4.18 Å². The largest absolute Gasteiger partial charge is 0.382 e. The molecule has 0 saturated heterocycles. The minimum absolute atomic E-state index is 0.198. The van der Waals surface area contributed by atoms with E-state index in [1.807, 2.05) is 30.3 Å². The molecule has 2 aromatic carbocycles. The third-order valence-corrected chi connectivity index (χ3v) is 3.37. The highest BCUT2D eigenvalue weighted by molar-refractivity contribution is 7.87. The second-order valence-corrected chi connectivity index (χ2v) is 5.19. The Bertz CT molecular complexity index is 639. The molecule has 0 spiro atoms. The Morgan fingerprint density at radius 3 is 2.59 bits per heavy atom. The Labute approximate surface area is 100 Å². The van der Waals surface area contributed by atoms with Gasteiger partial charge in [-0.05, 0) is 11.5 Å². The van der Waals surface area contributed by atoms with Gasteiger partial charge in [0.25, 0.3) is 0 Å². The van der Waals surface area contributed by atoms with E-state index in [0.717, 1.165) is 10.8 Å². The topological polar surface area (TPSA) is 43.4 Å². The second kappa shape index (κ2) is 4.59. The summed E-state index contributed by atoms with van der Waals surface area (Å²) >= 11 is 0. The fourth-order valence-electron chi connectivity index (χ4n) is 1.58. The van der Waals surface area contributed by atoms with Gasteiger partial charge >= 0.3 is 10.1 Å². The molecule has 0 aliphatic heterocycles. The molecule has 0 fully saturated rings. The number of hydrogen-bond acceptors (Lipinski definition) is 3. The van der Waals surface area contributed by atoms with E-state index in [0.29, 0.717) is 5.75 Å². The average molecular weight is 248 g/mol. The maximum Gasteiger partial charge on any atom is 0.312 e. The van der Waals surface area contributed by atoms with E-state index < -0.39 is 10.1 Å². The average Bonchev–Trinajstić information content (AvgIpc) is 2.29. The van der Waals surface area contributed by atoms with Crippen molar-refractivity contribution in [2.24, 2.45) is 0 Å². The van der Waals surface area contributed by atoms with Crippen LogP contribution in [-0.2, 0) is 10.1 Å². The first kappa shape index (κ1) is 11.7. The molecule has 0 saturated carbocycles. The summed E-state index contributed by atoms with van der Waals surface area (Å²) in [5.74, 6) is 0.154. The SMILES string of the molecule is C=CCS(=O)(=O)Oc1cccc2ccccc12. The van der Waals surface area contributed by atoms with Crippen LogP contribution < -0.4 is 4.18 Å². The van der Waals surface area contributed by atoms with Gasteiger partial charge in [-0.1, -0.05) is 42.5 Å². The van der Waals surface area contributed by atoms with E-state index in [9.17, 15) is 8.42 Å². The maximum atomic E-state index is 11.6. The maximum absolute atomic E-state index is 11.6. The number of benzene rings is 2. The minimum Gasteiger partial charge on any atom is -0.382 e. The first-order chi connectivity index (χ1) is 8.12. The predicted octanol–water partition coefficient (Wildman–Crippen LogP) is 2.73. The fraction of sp³-hybridized carbons (Fsp3) is 0.0769. The van der Waals surface area contributed by atoms with Crippen LogP contribution in [-0.4, -0.2) is 14.2 Å². The number of fused-ring (bicyclic) bond motifs is 1. The van der Waals surface area contributed by atoms with Gasteiger partial charge in [0.05, 0.1) is 0 Å². The first-order valence-electron chi connectivity index (χ1n) is 5.13. The highest BCUT2D eigenvalue weighted by atomic mass is 32.2. The van der Waals surface area contributed by atoms with E-state index in [-0.39, 0.29) is 5.75 Å². The lowest BCUT2D eigenvalue weighted by molar-refractivity contribution is 0.492. The number of hydrogen-bond donors (Lipinski definition) is 0. The summed E-state index contributed by atoms with van der Waals surface area (Å²) in [5, 5.41) is 1.72. The van der Waals surface area contributed by atoms with Crippen LogP contribution in [0, 0.1) is 0 Å². The van der Waals surface area contributed by atoms with Crippen LogP contribution >= 0.6 is 0 Å². The standard InChI is InChI=1S/C13H12O3S/c1-2-10-17(14,15)16-13-9-5-7-11-6-3-4-8-12(11)13/h2-9H,1,10H2. The molecule has 2 aromatic rings. The first-order valence-corrected chi connectivity index (χ1v) is 6.71. The fourth-order valence-corrected chi connectivity index (χ4v) is 2.36. The summed E-state index contributed by atoms with van der Waals surface area (Å²) < 4.78 is 28.2.